The van der Waals surface area contributed by atoms with Gasteiger partial charge in [0.15, 0.2) is 5.43 Å². The maximum Gasteiger partial charge on any atom is 0.297 e. The van der Waals surface area contributed by atoms with Crippen LogP contribution in [0.15, 0.2) is 51.7 Å². The van der Waals surface area contributed by atoms with E-state index in [1.165, 1.54) is 16.2 Å². The third-order valence-electron chi connectivity index (χ3n) is 5.23. The molecular weight excluding hydrogens is 438 g/mol. The first-order chi connectivity index (χ1) is 15.0. The number of hydrogen-bond acceptors (Lipinski definition) is 7. The van der Waals surface area contributed by atoms with E-state index in [0.29, 0.717) is 33.3 Å². The molecule has 0 radical (unpaired) electrons. The van der Waals surface area contributed by atoms with Crippen molar-refractivity contribution in [3.63, 3.8) is 0 Å². The van der Waals surface area contributed by atoms with Gasteiger partial charge in [-0.25, -0.2) is 0 Å². The Morgan fingerprint density at radius 1 is 1.16 bits per heavy atom. The van der Waals surface area contributed by atoms with E-state index in [9.17, 15) is 9.59 Å². The fourth-order valence-electron chi connectivity index (χ4n) is 3.73. The molecule has 1 aliphatic rings. The van der Waals surface area contributed by atoms with Gasteiger partial charge in [0.2, 0.25) is 10.9 Å². The Labute approximate surface area is 185 Å². The molecule has 31 heavy (non-hydrogen) atoms. The number of ether oxygens (including phenoxy) is 1. The minimum atomic E-state index is -0.703. The van der Waals surface area contributed by atoms with Crippen molar-refractivity contribution < 1.29 is 13.9 Å². The number of anilines is 1. The average molecular weight is 454 g/mol. The number of hydrogen-bond donors (Lipinski definition) is 0. The largest absolute Gasteiger partial charge is 0.497 e. The summed E-state index contributed by atoms with van der Waals surface area (Å²) < 4.78 is 11.2. The van der Waals surface area contributed by atoms with Crippen LogP contribution in [0.4, 0.5) is 5.13 Å². The number of carbonyl (C=O) groups excluding carboxylic acids is 1. The highest BCUT2D eigenvalue weighted by molar-refractivity contribution is 7.15. The average Bonchev–Trinajstić information content (AvgIpc) is 3.37. The van der Waals surface area contributed by atoms with Gasteiger partial charge in [-0.15, -0.1) is 10.2 Å². The van der Waals surface area contributed by atoms with E-state index in [1.54, 1.807) is 37.4 Å². The second-order valence-electron chi connectivity index (χ2n) is 7.00. The maximum atomic E-state index is 13.5. The van der Waals surface area contributed by atoms with E-state index >= 15 is 0 Å². The molecule has 0 N–H and O–H groups in total. The van der Waals surface area contributed by atoms with E-state index in [0.717, 1.165) is 10.6 Å². The van der Waals surface area contributed by atoms with Gasteiger partial charge >= 0.3 is 0 Å². The van der Waals surface area contributed by atoms with Crippen LogP contribution >= 0.6 is 22.9 Å². The molecule has 1 aliphatic heterocycles. The Hall–Kier alpha value is -3.23. The van der Waals surface area contributed by atoms with Crippen LogP contribution in [0.25, 0.3) is 11.0 Å². The lowest BCUT2D eigenvalue weighted by atomic mass is 9.98. The molecule has 0 saturated heterocycles. The van der Waals surface area contributed by atoms with Crippen LogP contribution in [-0.2, 0) is 6.42 Å². The van der Waals surface area contributed by atoms with Crippen molar-refractivity contribution >= 4 is 44.9 Å². The first kappa shape index (κ1) is 19.7. The molecule has 0 fully saturated rings. The van der Waals surface area contributed by atoms with Gasteiger partial charge in [0.25, 0.3) is 5.91 Å². The van der Waals surface area contributed by atoms with Crippen molar-refractivity contribution in [2.75, 3.05) is 12.0 Å². The van der Waals surface area contributed by atoms with Gasteiger partial charge in [0, 0.05) is 5.02 Å². The van der Waals surface area contributed by atoms with Crippen LogP contribution < -0.4 is 15.1 Å². The molecule has 3 heterocycles. The molecule has 7 nitrogen and oxygen atoms in total. The second-order valence-corrected chi connectivity index (χ2v) is 8.47. The van der Waals surface area contributed by atoms with E-state index in [1.807, 2.05) is 19.1 Å². The molecule has 0 bridgehead atoms. The summed E-state index contributed by atoms with van der Waals surface area (Å²) in [5, 5.41) is 10.3. The lowest BCUT2D eigenvalue weighted by Gasteiger charge is -2.22. The zero-order valence-corrected chi connectivity index (χ0v) is 18.2. The summed E-state index contributed by atoms with van der Waals surface area (Å²) in [6.45, 7) is 1.97. The van der Waals surface area contributed by atoms with Crippen molar-refractivity contribution in [2.24, 2.45) is 0 Å². The number of halogens is 1. The molecule has 4 aromatic rings. The molecule has 0 spiro atoms. The molecule has 0 saturated carbocycles. The summed E-state index contributed by atoms with van der Waals surface area (Å²) in [6, 6.07) is 11.3. The summed E-state index contributed by atoms with van der Waals surface area (Å²) in [6.07, 6.45) is 0.694. The molecular formula is C22H16ClN3O4S. The van der Waals surface area contributed by atoms with Crippen molar-refractivity contribution in [1.82, 2.24) is 10.2 Å². The van der Waals surface area contributed by atoms with Gasteiger partial charge in [0.05, 0.1) is 24.1 Å². The highest BCUT2D eigenvalue weighted by Crippen LogP contribution is 2.42. The fraction of sp³-hybridized carbons (Fsp3) is 0.182. The number of aromatic nitrogens is 2. The zero-order valence-electron chi connectivity index (χ0n) is 16.6. The highest BCUT2D eigenvalue weighted by atomic mass is 35.5. The van der Waals surface area contributed by atoms with Gasteiger partial charge in [-0.3, -0.25) is 14.5 Å². The smallest absolute Gasteiger partial charge is 0.297 e. The summed E-state index contributed by atoms with van der Waals surface area (Å²) in [5.41, 5.74) is 1.01. The molecule has 9 heteroatoms. The third-order valence-corrected chi connectivity index (χ3v) is 6.53. The number of carbonyl (C=O) groups is 1. The van der Waals surface area contributed by atoms with E-state index in [4.69, 9.17) is 20.8 Å². The van der Waals surface area contributed by atoms with Gasteiger partial charge in [-0.05, 0) is 42.3 Å². The first-order valence-electron chi connectivity index (χ1n) is 9.58. The second kappa shape index (κ2) is 7.47. The predicted octanol–water partition coefficient (Wildman–Crippen LogP) is 4.62. The number of methoxy groups -OCH3 is 1. The lowest BCUT2D eigenvalue weighted by Crippen LogP contribution is -2.29. The maximum absolute atomic E-state index is 13.5. The van der Waals surface area contributed by atoms with E-state index in [2.05, 4.69) is 10.2 Å². The predicted molar refractivity (Wildman–Crippen MR) is 118 cm³/mol. The summed E-state index contributed by atoms with van der Waals surface area (Å²) in [5.74, 6) is 0.249. The first-order valence-corrected chi connectivity index (χ1v) is 10.8. The zero-order chi connectivity index (χ0) is 21.7. The van der Waals surface area contributed by atoms with Crippen molar-refractivity contribution in [1.29, 1.82) is 0 Å². The molecule has 0 aliphatic carbocycles. The standard InChI is InChI=1S/C22H16ClN3O4S/c1-3-16-24-25-22(31-16)26-18(11-4-7-13(29-2)8-5-11)17-19(27)14-10-12(23)6-9-15(14)30-20(17)21(26)28/h4-10,18H,3H2,1-2H3/t18-/m1/s1. The van der Waals surface area contributed by atoms with Crippen LogP contribution in [0.2, 0.25) is 5.02 Å². The third kappa shape index (κ3) is 3.10. The minimum Gasteiger partial charge on any atom is -0.497 e. The topological polar surface area (TPSA) is 85.5 Å². The number of nitrogens with zero attached hydrogens (tertiary/aromatic N) is 3. The summed E-state index contributed by atoms with van der Waals surface area (Å²) >= 11 is 7.43. The fourth-order valence-corrected chi connectivity index (χ4v) is 4.71. The molecule has 2 aromatic carbocycles. The van der Waals surface area contributed by atoms with Crippen LogP contribution in [0.3, 0.4) is 0 Å². The quantitative estimate of drug-likeness (QED) is 0.448. The van der Waals surface area contributed by atoms with Gasteiger partial charge in [-0.2, -0.15) is 0 Å². The molecule has 5 rings (SSSR count). The molecule has 1 atom stereocenters. The highest BCUT2D eigenvalue weighted by Gasteiger charge is 2.45. The van der Waals surface area contributed by atoms with Crippen molar-refractivity contribution in [3.8, 4) is 5.75 Å². The lowest BCUT2D eigenvalue weighted by molar-refractivity contribution is 0.0970. The number of aryl methyl sites for hydroxylation is 1. The monoisotopic (exact) mass is 453 g/mol. The molecule has 156 valence electrons. The van der Waals surface area contributed by atoms with Crippen LogP contribution in [-0.4, -0.2) is 23.2 Å². The summed E-state index contributed by atoms with van der Waals surface area (Å²) in [4.78, 5) is 28.4. The Bertz CT molecular complexity index is 1380. The number of amides is 1. The Balaban J connectivity index is 1.78. The van der Waals surface area contributed by atoms with Crippen LogP contribution in [0.1, 0.15) is 39.7 Å². The molecule has 2 aromatic heterocycles. The summed E-state index contributed by atoms with van der Waals surface area (Å²) in [7, 11) is 1.58. The van der Waals surface area contributed by atoms with Gasteiger partial charge < -0.3 is 9.15 Å². The van der Waals surface area contributed by atoms with E-state index < -0.39 is 11.9 Å². The van der Waals surface area contributed by atoms with E-state index in [-0.39, 0.29) is 16.8 Å². The van der Waals surface area contributed by atoms with Gasteiger partial charge in [-0.1, -0.05) is 42.0 Å². The van der Waals surface area contributed by atoms with Crippen LogP contribution in [0, 0.1) is 0 Å². The SMILES string of the molecule is CCc1nnc(N2C(=O)c3oc4ccc(Cl)cc4c(=O)c3[C@H]2c2ccc(OC)cc2)s1. The Kier molecular flexibility index (Phi) is 4.75. The molecule has 0 unspecified atom stereocenters. The van der Waals surface area contributed by atoms with Crippen molar-refractivity contribution in [2.45, 2.75) is 19.4 Å². The van der Waals surface area contributed by atoms with Crippen LogP contribution in [0.5, 0.6) is 5.75 Å². The molecule has 1 amide bonds. The Morgan fingerprint density at radius 3 is 2.61 bits per heavy atom. The van der Waals surface area contributed by atoms with Gasteiger partial charge in [0.1, 0.15) is 16.3 Å². The normalized spacial score (nSPS) is 15.5. The number of benzene rings is 2. The number of rotatable bonds is 4. The Morgan fingerprint density at radius 2 is 1.94 bits per heavy atom. The minimum absolute atomic E-state index is 0.00823. The van der Waals surface area contributed by atoms with Crippen molar-refractivity contribution in [3.05, 3.63) is 79.6 Å². The number of fused-ring (bicyclic) bond motifs is 2.